The van der Waals surface area contributed by atoms with E-state index in [4.69, 9.17) is 4.74 Å². The Morgan fingerprint density at radius 1 is 1.45 bits per heavy atom. The van der Waals surface area contributed by atoms with Crippen molar-refractivity contribution in [3.63, 3.8) is 0 Å². The molecule has 108 valence electrons. The van der Waals surface area contributed by atoms with Crippen LogP contribution in [0, 0.1) is 0 Å². The molecule has 1 aromatic heterocycles. The van der Waals surface area contributed by atoms with Gasteiger partial charge in [-0.2, -0.15) is 0 Å². The lowest BCUT2D eigenvalue weighted by molar-refractivity contribution is 0.144. The van der Waals surface area contributed by atoms with Gasteiger partial charge >= 0.3 is 6.09 Å². The largest absolute Gasteiger partial charge is 0.450 e. The Morgan fingerprint density at radius 2 is 2.30 bits per heavy atom. The van der Waals surface area contributed by atoms with E-state index < -0.39 is 0 Å². The van der Waals surface area contributed by atoms with Gasteiger partial charge in [0.15, 0.2) is 0 Å². The number of alkyl carbamates (subject to hydrolysis) is 1. The summed E-state index contributed by atoms with van der Waals surface area (Å²) in [7, 11) is 0. The van der Waals surface area contributed by atoms with Crippen molar-refractivity contribution in [3.8, 4) is 0 Å². The number of rotatable bonds is 6. The van der Waals surface area contributed by atoms with Crippen molar-refractivity contribution in [2.24, 2.45) is 0 Å². The summed E-state index contributed by atoms with van der Waals surface area (Å²) in [6, 6.07) is 6.13. The molecular formula is C15H19BrN2O2. The molecule has 0 saturated heterocycles. The molecule has 20 heavy (non-hydrogen) atoms. The number of aromatic nitrogens is 1. The number of aromatic amines is 1. The van der Waals surface area contributed by atoms with Crippen LogP contribution in [0.3, 0.4) is 0 Å². The maximum Gasteiger partial charge on any atom is 0.407 e. The Kier molecular flexibility index (Phi) is 5.47. The first-order chi connectivity index (χ1) is 9.70. The number of ether oxygens (including phenoxy) is 1. The third-order valence-electron chi connectivity index (χ3n) is 3.12. The molecule has 0 saturated carbocycles. The van der Waals surface area contributed by atoms with E-state index in [-0.39, 0.29) is 6.09 Å². The van der Waals surface area contributed by atoms with Crippen molar-refractivity contribution in [3.05, 3.63) is 34.4 Å². The number of carbonyl (C=O) groups is 1. The van der Waals surface area contributed by atoms with E-state index in [1.807, 2.05) is 18.3 Å². The summed E-state index contributed by atoms with van der Waals surface area (Å²) in [6.07, 6.45) is 4.36. The smallest absolute Gasteiger partial charge is 0.407 e. The molecule has 0 aliphatic rings. The fraction of sp³-hybridized carbons (Fsp3) is 0.400. The molecule has 0 unspecified atom stereocenters. The molecule has 5 heteroatoms. The molecule has 0 bridgehead atoms. The van der Waals surface area contributed by atoms with Crippen molar-refractivity contribution in [1.82, 2.24) is 10.3 Å². The zero-order valence-corrected chi connectivity index (χ0v) is 13.1. The third-order valence-corrected chi connectivity index (χ3v) is 3.62. The minimum atomic E-state index is -0.334. The molecule has 0 spiro atoms. The molecule has 0 aliphatic carbocycles. The first-order valence-electron chi connectivity index (χ1n) is 6.87. The van der Waals surface area contributed by atoms with Crippen LogP contribution in [0.25, 0.3) is 10.9 Å². The van der Waals surface area contributed by atoms with Crippen molar-refractivity contribution >= 4 is 32.9 Å². The number of fused-ring (bicyclic) bond motifs is 1. The maximum absolute atomic E-state index is 11.4. The van der Waals surface area contributed by atoms with E-state index in [1.54, 1.807) is 0 Å². The third kappa shape index (κ3) is 4.00. The van der Waals surface area contributed by atoms with Gasteiger partial charge in [0.05, 0.1) is 6.61 Å². The van der Waals surface area contributed by atoms with E-state index >= 15 is 0 Å². The number of H-pyrrole nitrogens is 1. The zero-order chi connectivity index (χ0) is 14.4. The van der Waals surface area contributed by atoms with Crippen LogP contribution in [0.1, 0.15) is 25.3 Å². The highest BCUT2D eigenvalue weighted by molar-refractivity contribution is 9.10. The number of nitrogens with one attached hydrogen (secondary N) is 2. The summed E-state index contributed by atoms with van der Waals surface area (Å²) >= 11 is 3.47. The van der Waals surface area contributed by atoms with Crippen LogP contribution in [0.5, 0.6) is 0 Å². The molecule has 4 nitrogen and oxygen atoms in total. The number of halogens is 1. The molecule has 1 aromatic carbocycles. The van der Waals surface area contributed by atoms with E-state index in [2.05, 4.69) is 39.2 Å². The second kappa shape index (κ2) is 7.33. The van der Waals surface area contributed by atoms with Gasteiger partial charge in [-0.25, -0.2) is 4.79 Å². The van der Waals surface area contributed by atoms with Crippen LogP contribution in [-0.4, -0.2) is 24.2 Å². The number of hydrogen-bond acceptors (Lipinski definition) is 2. The van der Waals surface area contributed by atoms with E-state index in [0.717, 1.165) is 29.3 Å². The fourth-order valence-corrected chi connectivity index (χ4v) is 2.38. The molecule has 1 heterocycles. The van der Waals surface area contributed by atoms with Gasteiger partial charge < -0.3 is 15.0 Å². The second-order valence-electron chi connectivity index (χ2n) is 4.67. The van der Waals surface area contributed by atoms with Gasteiger partial charge in [-0.15, -0.1) is 0 Å². The van der Waals surface area contributed by atoms with Crippen LogP contribution >= 0.6 is 15.9 Å². The number of hydrogen-bond donors (Lipinski definition) is 2. The molecule has 2 aromatic rings. The van der Waals surface area contributed by atoms with Crippen LogP contribution < -0.4 is 5.32 Å². The van der Waals surface area contributed by atoms with Crippen LogP contribution in [0.4, 0.5) is 4.79 Å². The van der Waals surface area contributed by atoms with E-state index in [1.165, 1.54) is 10.9 Å². The monoisotopic (exact) mass is 338 g/mol. The predicted octanol–water partition coefficient (Wildman–Crippen LogP) is 4.00. The van der Waals surface area contributed by atoms with Crippen LogP contribution in [0.2, 0.25) is 0 Å². The minimum absolute atomic E-state index is 0.334. The van der Waals surface area contributed by atoms with E-state index in [0.29, 0.717) is 13.2 Å². The quantitative estimate of drug-likeness (QED) is 0.782. The Bertz CT molecular complexity index is 580. The number of unbranched alkanes of at least 4 members (excludes halogenated alkanes) is 1. The molecule has 1 amide bonds. The number of amides is 1. The van der Waals surface area contributed by atoms with Gasteiger partial charge in [-0.1, -0.05) is 29.3 Å². The maximum atomic E-state index is 11.4. The number of benzene rings is 1. The normalized spacial score (nSPS) is 10.7. The summed E-state index contributed by atoms with van der Waals surface area (Å²) in [5.74, 6) is 0. The number of carbonyl (C=O) groups excluding carboxylic acids is 1. The Hall–Kier alpha value is -1.49. The van der Waals surface area contributed by atoms with Gasteiger partial charge in [-0.05, 0) is 36.6 Å². The standard InChI is InChI=1S/C15H19BrN2O2/c1-2-3-8-20-15(19)17-7-6-11-10-18-14-5-4-12(16)9-13(11)14/h4-5,9-10,18H,2-3,6-8H2,1H3,(H,17,19). The lowest BCUT2D eigenvalue weighted by Gasteiger charge is -2.06. The average molecular weight is 339 g/mol. The fourth-order valence-electron chi connectivity index (χ4n) is 2.02. The van der Waals surface area contributed by atoms with Gasteiger partial charge in [0.1, 0.15) is 0 Å². The van der Waals surface area contributed by atoms with Crippen molar-refractivity contribution in [1.29, 1.82) is 0 Å². The molecule has 2 rings (SSSR count). The van der Waals surface area contributed by atoms with Gasteiger partial charge in [0.2, 0.25) is 0 Å². The zero-order valence-electron chi connectivity index (χ0n) is 11.5. The van der Waals surface area contributed by atoms with Crippen molar-refractivity contribution in [2.45, 2.75) is 26.2 Å². The topological polar surface area (TPSA) is 54.1 Å². The van der Waals surface area contributed by atoms with Gasteiger partial charge in [-0.3, -0.25) is 0 Å². The SMILES string of the molecule is CCCCOC(=O)NCCc1c[nH]c2ccc(Br)cc12. The Labute approximate surface area is 127 Å². The molecule has 0 radical (unpaired) electrons. The van der Waals surface area contributed by atoms with Crippen LogP contribution in [-0.2, 0) is 11.2 Å². The van der Waals surface area contributed by atoms with Gasteiger partial charge in [0, 0.05) is 28.1 Å². The highest BCUT2D eigenvalue weighted by Crippen LogP contribution is 2.22. The first-order valence-corrected chi connectivity index (χ1v) is 7.66. The van der Waals surface area contributed by atoms with Gasteiger partial charge in [0.25, 0.3) is 0 Å². The predicted molar refractivity (Wildman–Crippen MR) is 84.0 cm³/mol. The molecule has 0 fully saturated rings. The lowest BCUT2D eigenvalue weighted by Crippen LogP contribution is -2.26. The second-order valence-corrected chi connectivity index (χ2v) is 5.59. The Morgan fingerprint density at radius 3 is 3.10 bits per heavy atom. The molecular weight excluding hydrogens is 320 g/mol. The first kappa shape index (κ1) is 14.9. The van der Waals surface area contributed by atoms with Crippen molar-refractivity contribution in [2.75, 3.05) is 13.2 Å². The van der Waals surface area contributed by atoms with E-state index in [9.17, 15) is 4.79 Å². The molecule has 0 atom stereocenters. The average Bonchev–Trinajstić information content (AvgIpc) is 2.82. The summed E-state index contributed by atoms with van der Waals surface area (Å²) in [4.78, 5) is 14.6. The Balaban J connectivity index is 1.84. The summed E-state index contributed by atoms with van der Waals surface area (Å²) < 4.78 is 6.10. The summed E-state index contributed by atoms with van der Waals surface area (Å²) in [6.45, 7) is 3.13. The highest BCUT2D eigenvalue weighted by Gasteiger charge is 2.05. The lowest BCUT2D eigenvalue weighted by atomic mass is 10.1. The summed E-state index contributed by atoms with van der Waals surface area (Å²) in [5.41, 5.74) is 2.30. The molecule has 2 N–H and O–H groups in total. The molecule has 0 aliphatic heterocycles. The van der Waals surface area contributed by atoms with Crippen LogP contribution in [0.15, 0.2) is 28.9 Å². The van der Waals surface area contributed by atoms with Crippen molar-refractivity contribution < 1.29 is 9.53 Å². The highest BCUT2D eigenvalue weighted by atomic mass is 79.9. The summed E-state index contributed by atoms with van der Waals surface area (Å²) in [5, 5.41) is 3.95. The minimum Gasteiger partial charge on any atom is -0.450 e.